The largest absolute Gasteiger partial charge is 0.481 e. The molecule has 322 valence electrons. The average Bonchev–Trinajstić information content (AvgIpc) is 3.21. The summed E-state index contributed by atoms with van der Waals surface area (Å²) in [6.07, 6.45) is 62.5. The Bertz CT molecular complexity index is 1350. The van der Waals surface area contributed by atoms with Gasteiger partial charge in [-0.3, -0.25) is 19.2 Å². The minimum absolute atomic E-state index is 0.0515. The zero-order chi connectivity index (χ0) is 42.8. The van der Waals surface area contributed by atoms with E-state index in [1.807, 2.05) is 0 Å². The van der Waals surface area contributed by atoms with Crippen LogP contribution >= 0.6 is 0 Å². The van der Waals surface area contributed by atoms with E-state index in [2.05, 4.69) is 148 Å². The first-order valence-corrected chi connectivity index (χ1v) is 21.2. The molecule has 0 rings (SSSR count). The number of hydrogen-bond acceptors (Lipinski definition) is 6. The number of allylic oxidation sites excluding steroid dienone is 22. The predicted molar refractivity (Wildman–Crippen MR) is 241 cm³/mol. The molecule has 0 aromatic rings. The summed E-state index contributed by atoms with van der Waals surface area (Å²) in [5.41, 5.74) is 0. The van der Waals surface area contributed by atoms with Gasteiger partial charge in [0.1, 0.15) is 0 Å². The van der Waals surface area contributed by atoms with Crippen LogP contribution in [0.3, 0.4) is 0 Å². The quantitative estimate of drug-likeness (QED) is 0.0368. The molecule has 0 atom stereocenters. The van der Waals surface area contributed by atoms with E-state index in [0.717, 1.165) is 103 Å². The molecule has 0 fully saturated rings. The summed E-state index contributed by atoms with van der Waals surface area (Å²) in [7, 11) is 0. The molecule has 0 radical (unpaired) electrons. The molecule has 2 N–H and O–H groups in total. The Morgan fingerprint density at radius 2 is 0.603 bits per heavy atom. The Labute approximate surface area is 351 Å². The molecule has 58 heavy (non-hydrogen) atoms. The Balaban J connectivity index is 0. The second kappa shape index (κ2) is 48.2. The van der Waals surface area contributed by atoms with Crippen molar-refractivity contribution in [2.24, 2.45) is 0 Å². The maximum atomic E-state index is 11.2. The second-order valence-corrected chi connectivity index (χ2v) is 13.0. The summed E-state index contributed by atoms with van der Waals surface area (Å²) in [5, 5.41) is 16.9. The third-order valence-electron chi connectivity index (χ3n) is 7.65. The number of unbranched alkanes of at least 4 members (excludes halogenated alkanes) is 3. The smallest absolute Gasteiger partial charge is 0.306 e. The summed E-state index contributed by atoms with van der Waals surface area (Å²) in [4.78, 5) is 43.1. The van der Waals surface area contributed by atoms with Gasteiger partial charge in [0.15, 0.2) is 0 Å². The number of aliphatic carboxylic acids is 2. The topological polar surface area (TPSA) is 127 Å². The molecule has 8 nitrogen and oxygen atoms in total. The molecule has 0 aromatic heterocycles. The van der Waals surface area contributed by atoms with Crippen LogP contribution in [0.4, 0.5) is 0 Å². The highest BCUT2D eigenvalue weighted by Crippen LogP contribution is 2.03. The molecule has 0 spiro atoms. The standard InChI is InChI=1S/C26H38O4.C24H36O4/c1-2-3-4-5-6-7-8-9-10-11-12-13-14-15-16-17-18-19-20-21-24-30-26(29)23-22-25(27)28;1-2-3-4-5-6-7-8-9-10-11-12-13-14-15-16-17-18-19-22-28-24(27)21-20-23(25)26/h3-4,6-7,9-10,12-13,15-16,18-19H,2,5,8,11,14,17,20-24H2,1H3,(H,27,28);3-4,6-7,9-10,12-13,15-16H,2,5,8,11,14,17-22H2,1H3,(H,25,26)/b4-3-,7-6-,10-9-,13-12-,16-15-,19-18-;4-3-,7-6-,10-9-,13-12-,16-15-. The molecule has 0 bridgehead atoms. The van der Waals surface area contributed by atoms with Crippen molar-refractivity contribution in [2.45, 2.75) is 142 Å². The number of carbonyl (C=O) groups is 4. The van der Waals surface area contributed by atoms with Crippen LogP contribution in [0.1, 0.15) is 142 Å². The van der Waals surface area contributed by atoms with E-state index in [0.29, 0.717) is 13.2 Å². The molecule has 0 amide bonds. The van der Waals surface area contributed by atoms with Crippen molar-refractivity contribution in [1.29, 1.82) is 0 Å². The molecular formula is C50H74O8. The first kappa shape index (κ1) is 55.1. The molecule has 0 unspecified atom stereocenters. The van der Waals surface area contributed by atoms with Gasteiger partial charge >= 0.3 is 23.9 Å². The van der Waals surface area contributed by atoms with Gasteiger partial charge in [0.25, 0.3) is 0 Å². The zero-order valence-electron chi connectivity index (χ0n) is 35.6. The van der Waals surface area contributed by atoms with Gasteiger partial charge in [0.2, 0.25) is 0 Å². The summed E-state index contributed by atoms with van der Waals surface area (Å²) in [6.45, 7) is 4.99. The van der Waals surface area contributed by atoms with Crippen LogP contribution in [0.2, 0.25) is 0 Å². The lowest BCUT2D eigenvalue weighted by Gasteiger charge is -2.02. The fraction of sp³-hybridized carbons (Fsp3) is 0.480. The van der Waals surface area contributed by atoms with Crippen molar-refractivity contribution in [1.82, 2.24) is 0 Å². The third kappa shape index (κ3) is 53.1. The number of carboxylic acid groups (broad SMARTS) is 2. The van der Waals surface area contributed by atoms with Crippen molar-refractivity contribution in [3.8, 4) is 0 Å². The van der Waals surface area contributed by atoms with E-state index < -0.39 is 23.9 Å². The monoisotopic (exact) mass is 803 g/mol. The van der Waals surface area contributed by atoms with Gasteiger partial charge in [-0.15, -0.1) is 0 Å². The van der Waals surface area contributed by atoms with Crippen molar-refractivity contribution in [2.75, 3.05) is 13.2 Å². The Hall–Kier alpha value is -4.98. The summed E-state index contributed by atoms with van der Waals surface area (Å²) >= 11 is 0. The van der Waals surface area contributed by atoms with Crippen molar-refractivity contribution in [3.63, 3.8) is 0 Å². The van der Waals surface area contributed by atoms with Gasteiger partial charge in [-0.05, 0) is 103 Å². The van der Waals surface area contributed by atoms with Gasteiger partial charge in [0.05, 0.1) is 38.9 Å². The Kier molecular flexibility index (Phi) is 45.8. The predicted octanol–water partition coefficient (Wildman–Crippen LogP) is 13.2. The SMILES string of the molecule is CC/C=C\C/C=C\C/C=C\C/C=C\C/C=C\C/C=C\CCCOC(=O)CCC(=O)O.CC/C=C\C/C=C\C/C=C\C/C=C\C/C=C\CCCCOC(=O)CCC(=O)O. The fourth-order valence-electron chi connectivity index (χ4n) is 4.51. The van der Waals surface area contributed by atoms with E-state index >= 15 is 0 Å². The maximum absolute atomic E-state index is 11.2. The van der Waals surface area contributed by atoms with Crippen LogP contribution in [0.25, 0.3) is 0 Å². The first-order chi connectivity index (χ1) is 28.3. The highest BCUT2D eigenvalue weighted by molar-refractivity contribution is 5.77. The van der Waals surface area contributed by atoms with Crippen LogP contribution < -0.4 is 0 Å². The number of hydrogen-bond donors (Lipinski definition) is 2. The van der Waals surface area contributed by atoms with Crippen LogP contribution in [0.5, 0.6) is 0 Å². The van der Waals surface area contributed by atoms with Gasteiger partial charge in [-0.25, -0.2) is 0 Å². The second-order valence-electron chi connectivity index (χ2n) is 13.0. The summed E-state index contributed by atoms with van der Waals surface area (Å²) in [6, 6.07) is 0. The molecule has 0 aliphatic carbocycles. The third-order valence-corrected chi connectivity index (χ3v) is 7.65. The number of carbonyl (C=O) groups excluding carboxylic acids is 2. The summed E-state index contributed by atoms with van der Waals surface area (Å²) < 4.78 is 9.93. The number of ether oxygens (including phenoxy) is 2. The Morgan fingerprint density at radius 3 is 0.897 bits per heavy atom. The summed E-state index contributed by atoms with van der Waals surface area (Å²) in [5.74, 6) is -2.84. The molecule has 0 saturated heterocycles. The van der Waals surface area contributed by atoms with E-state index in [4.69, 9.17) is 19.7 Å². The molecule has 0 aromatic carbocycles. The molecule has 8 heteroatoms. The molecule has 0 heterocycles. The van der Waals surface area contributed by atoms with Crippen LogP contribution in [-0.2, 0) is 28.7 Å². The lowest BCUT2D eigenvalue weighted by atomic mass is 10.2. The van der Waals surface area contributed by atoms with Gasteiger partial charge in [0, 0.05) is 0 Å². The van der Waals surface area contributed by atoms with Crippen molar-refractivity contribution in [3.05, 3.63) is 134 Å². The van der Waals surface area contributed by atoms with Crippen molar-refractivity contribution >= 4 is 23.9 Å². The van der Waals surface area contributed by atoms with Gasteiger partial charge in [-0.2, -0.15) is 0 Å². The molecule has 0 saturated carbocycles. The number of rotatable bonds is 35. The minimum Gasteiger partial charge on any atom is -0.481 e. The number of esters is 2. The normalized spacial score (nSPS) is 12.4. The van der Waals surface area contributed by atoms with E-state index in [9.17, 15) is 19.2 Å². The zero-order valence-corrected chi connectivity index (χ0v) is 35.6. The van der Waals surface area contributed by atoms with E-state index in [-0.39, 0.29) is 25.7 Å². The molecular weight excluding hydrogens is 729 g/mol. The van der Waals surface area contributed by atoms with Gasteiger partial charge in [-0.1, -0.05) is 148 Å². The fourth-order valence-corrected chi connectivity index (χ4v) is 4.51. The Morgan fingerprint density at radius 1 is 0.345 bits per heavy atom. The lowest BCUT2D eigenvalue weighted by molar-refractivity contribution is -0.147. The molecule has 0 aliphatic rings. The van der Waals surface area contributed by atoms with E-state index in [1.165, 1.54) is 0 Å². The average molecular weight is 803 g/mol. The van der Waals surface area contributed by atoms with Crippen LogP contribution in [-0.4, -0.2) is 47.3 Å². The van der Waals surface area contributed by atoms with Crippen LogP contribution in [0.15, 0.2) is 134 Å². The minimum atomic E-state index is -0.982. The van der Waals surface area contributed by atoms with Crippen LogP contribution in [0, 0.1) is 0 Å². The van der Waals surface area contributed by atoms with Crippen molar-refractivity contribution < 1.29 is 38.9 Å². The van der Waals surface area contributed by atoms with E-state index in [1.54, 1.807) is 0 Å². The lowest BCUT2D eigenvalue weighted by Crippen LogP contribution is -2.08. The maximum Gasteiger partial charge on any atom is 0.306 e. The first-order valence-electron chi connectivity index (χ1n) is 21.2. The highest BCUT2D eigenvalue weighted by Gasteiger charge is 2.06. The highest BCUT2D eigenvalue weighted by atomic mass is 16.5. The molecule has 0 aliphatic heterocycles. The number of carboxylic acids is 2. The van der Waals surface area contributed by atoms with Gasteiger partial charge < -0.3 is 19.7 Å².